The zero-order chi connectivity index (χ0) is 21.4. The molecule has 0 radical (unpaired) electrons. The Bertz CT molecular complexity index is 665. The van der Waals surface area contributed by atoms with Gasteiger partial charge in [-0.1, -0.05) is 12.5 Å². The molecule has 30 heavy (non-hydrogen) atoms. The molecule has 2 unspecified atom stereocenters. The number of anilines is 1. The summed E-state index contributed by atoms with van der Waals surface area (Å²) in [6.45, 7) is 11.3. The number of guanidine groups is 1. The van der Waals surface area contributed by atoms with E-state index in [1.165, 1.54) is 19.3 Å². The second kappa shape index (κ2) is 11.0. The van der Waals surface area contributed by atoms with Crippen molar-refractivity contribution in [1.29, 1.82) is 0 Å². The number of nitrogens with one attached hydrogen (secondary N) is 2. The van der Waals surface area contributed by atoms with Crippen LogP contribution in [0.15, 0.2) is 23.3 Å². The smallest absolute Gasteiger partial charge is 0.191 e. The second-order valence-electron chi connectivity index (χ2n) is 8.83. The first-order chi connectivity index (χ1) is 14.5. The number of rotatable bonds is 9. The Morgan fingerprint density at radius 3 is 2.60 bits per heavy atom. The van der Waals surface area contributed by atoms with Crippen LogP contribution in [-0.4, -0.2) is 63.0 Å². The highest BCUT2D eigenvalue weighted by Crippen LogP contribution is 2.43. The van der Waals surface area contributed by atoms with E-state index in [9.17, 15) is 0 Å². The van der Waals surface area contributed by atoms with Crippen molar-refractivity contribution in [1.82, 2.24) is 15.6 Å². The minimum Gasteiger partial charge on any atom is -0.385 e. The maximum absolute atomic E-state index is 5.82. The third-order valence-corrected chi connectivity index (χ3v) is 6.20. The van der Waals surface area contributed by atoms with Crippen molar-refractivity contribution in [3.8, 4) is 0 Å². The molecule has 1 aliphatic carbocycles. The molecule has 0 amide bonds. The Balaban J connectivity index is 1.55. The molecular weight excluding hydrogens is 378 g/mol. The number of pyridine rings is 1. The standard InChI is InChI=1S/C23H39N5O2/c1-5-24-22(27-17-23(9-6-10-23)11-12-29-4)26-14-20-7-8-21(25-13-20)28-15-18(2)30-19(3)16-28/h7-8,13,18-19H,5-6,9-12,14-17H2,1-4H3,(H2,24,26,27). The maximum Gasteiger partial charge on any atom is 0.191 e. The topological polar surface area (TPSA) is 71.0 Å². The number of aliphatic imine (C=N–C) groups is 1. The molecule has 2 atom stereocenters. The summed E-state index contributed by atoms with van der Waals surface area (Å²) >= 11 is 0. The van der Waals surface area contributed by atoms with E-state index in [4.69, 9.17) is 14.5 Å². The van der Waals surface area contributed by atoms with Crippen molar-refractivity contribution >= 4 is 11.8 Å². The number of hydrogen-bond donors (Lipinski definition) is 2. The van der Waals surface area contributed by atoms with Gasteiger partial charge in [0.2, 0.25) is 0 Å². The van der Waals surface area contributed by atoms with Crippen LogP contribution in [0.2, 0.25) is 0 Å². The Morgan fingerprint density at radius 2 is 2.03 bits per heavy atom. The lowest BCUT2D eigenvalue weighted by molar-refractivity contribution is -0.00545. The highest BCUT2D eigenvalue weighted by molar-refractivity contribution is 5.79. The van der Waals surface area contributed by atoms with Crippen LogP contribution in [0, 0.1) is 5.41 Å². The third kappa shape index (κ3) is 6.32. The molecule has 2 heterocycles. The summed E-state index contributed by atoms with van der Waals surface area (Å²) in [6, 6.07) is 4.23. The van der Waals surface area contributed by atoms with E-state index in [-0.39, 0.29) is 12.2 Å². The lowest BCUT2D eigenvalue weighted by Crippen LogP contribution is -2.47. The fourth-order valence-corrected chi connectivity index (χ4v) is 4.36. The third-order valence-electron chi connectivity index (χ3n) is 6.20. The highest BCUT2D eigenvalue weighted by Gasteiger charge is 2.36. The van der Waals surface area contributed by atoms with Gasteiger partial charge in [-0.3, -0.25) is 0 Å². The first-order valence-electron chi connectivity index (χ1n) is 11.4. The molecule has 1 saturated carbocycles. The molecule has 2 N–H and O–H groups in total. The molecule has 0 bridgehead atoms. The van der Waals surface area contributed by atoms with Crippen LogP contribution >= 0.6 is 0 Å². The zero-order valence-corrected chi connectivity index (χ0v) is 19.1. The number of morpholine rings is 1. The van der Waals surface area contributed by atoms with Gasteiger partial charge in [0, 0.05) is 46.1 Å². The van der Waals surface area contributed by atoms with Crippen LogP contribution in [0.25, 0.3) is 0 Å². The van der Waals surface area contributed by atoms with Gasteiger partial charge >= 0.3 is 0 Å². The fourth-order valence-electron chi connectivity index (χ4n) is 4.36. The minimum atomic E-state index is 0.233. The van der Waals surface area contributed by atoms with Crippen molar-refractivity contribution in [3.63, 3.8) is 0 Å². The number of methoxy groups -OCH3 is 1. The Hall–Kier alpha value is -1.86. The van der Waals surface area contributed by atoms with E-state index < -0.39 is 0 Å². The molecule has 2 fully saturated rings. The second-order valence-corrected chi connectivity index (χ2v) is 8.83. The Labute approximate surface area is 181 Å². The van der Waals surface area contributed by atoms with Gasteiger partial charge in [0.1, 0.15) is 5.82 Å². The zero-order valence-electron chi connectivity index (χ0n) is 19.1. The summed E-state index contributed by atoms with van der Waals surface area (Å²) in [5.74, 6) is 1.89. The highest BCUT2D eigenvalue weighted by atomic mass is 16.5. The first-order valence-corrected chi connectivity index (χ1v) is 11.4. The maximum atomic E-state index is 5.82. The summed E-state index contributed by atoms with van der Waals surface area (Å²) in [6.07, 6.45) is 7.38. The fraction of sp³-hybridized carbons (Fsp3) is 0.739. The van der Waals surface area contributed by atoms with E-state index in [1.807, 2.05) is 6.20 Å². The van der Waals surface area contributed by atoms with Crippen LogP contribution in [0.4, 0.5) is 5.82 Å². The summed E-state index contributed by atoms with van der Waals surface area (Å²) in [5, 5.41) is 6.92. The molecule has 0 spiro atoms. The Morgan fingerprint density at radius 1 is 1.27 bits per heavy atom. The average Bonchev–Trinajstić information content (AvgIpc) is 2.70. The SMILES string of the molecule is CCNC(=NCc1ccc(N2CC(C)OC(C)C2)nc1)NCC1(CCOC)CCC1. The molecule has 2 aliphatic rings. The number of hydrogen-bond acceptors (Lipinski definition) is 5. The summed E-state index contributed by atoms with van der Waals surface area (Å²) in [4.78, 5) is 11.8. The van der Waals surface area contributed by atoms with Crippen LogP contribution in [0.1, 0.15) is 52.0 Å². The molecule has 7 nitrogen and oxygen atoms in total. The quantitative estimate of drug-likeness (QED) is 0.476. The summed E-state index contributed by atoms with van der Waals surface area (Å²) in [7, 11) is 1.78. The van der Waals surface area contributed by atoms with Gasteiger partial charge in [-0.05, 0) is 57.1 Å². The first kappa shape index (κ1) is 22.8. The molecule has 3 rings (SSSR count). The average molecular weight is 418 g/mol. The lowest BCUT2D eigenvalue weighted by Gasteiger charge is -2.42. The van der Waals surface area contributed by atoms with Gasteiger partial charge in [0.25, 0.3) is 0 Å². The molecule has 7 heteroatoms. The molecule has 1 aromatic heterocycles. The summed E-state index contributed by atoms with van der Waals surface area (Å²) in [5.41, 5.74) is 1.48. The number of ether oxygens (including phenoxy) is 2. The largest absolute Gasteiger partial charge is 0.385 e. The van der Waals surface area contributed by atoms with Crippen LogP contribution in [-0.2, 0) is 16.0 Å². The summed E-state index contributed by atoms with van der Waals surface area (Å²) < 4.78 is 11.1. The van der Waals surface area contributed by atoms with Crippen molar-refractivity contribution in [2.45, 2.75) is 65.2 Å². The van der Waals surface area contributed by atoms with E-state index in [0.29, 0.717) is 12.0 Å². The van der Waals surface area contributed by atoms with Crippen LogP contribution in [0.5, 0.6) is 0 Å². The van der Waals surface area contributed by atoms with Crippen LogP contribution < -0.4 is 15.5 Å². The van der Waals surface area contributed by atoms with Gasteiger partial charge in [-0.15, -0.1) is 0 Å². The molecule has 1 saturated heterocycles. The molecule has 1 aromatic rings. The van der Waals surface area contributed by atoms with Crippen LogP contribution in [0.3, 0.4) is 0 Å². The normalized spacial score (nSPS) is 23.7. The van der Waals surface area contributed by atoms with Gasteiger partial charge in [-0.25, -0.2) is 9.98 Å². The van der Waals surface area contributed by atoms with Gasteiger partial charge in [0.05, 0.1) is 18.8 Å². The van der Waals surface area contributed by atoms with Gasteiger partial charge in [-0.2, -0.15) is 0 Å². The lowest BCUT2D eigenvalue weighted by atomic mass is 9.67. The molecular formula is C23H39N5O2. The van der Waals surface area contributed by atoms with E-state index in [0.717, 1.165) is 56.5 Å². The molecule has 1 aliphatic heterocycles. The predicted octanol–water partition coefficient (Wildman–Crippen LogP) is 2.96. The minimum absolute atomic E-state index is 0.233. The number of aromatic nitrogens is 1. The van der Waals surface area contributed by atoms with Gasteiger partial charge < -0.3 is 25.0 Å². The Kier molecular flexibility index (Phi) is 8.33. The van der Waals surface area contributed by atoms with Crippen molar-refractivity contribution < 1.29 is 9.47 Å². The van der Waals surface area contributed by atoms with E-state index in [2.05, 4.69) is 53.4 Å². The predicted molar refractivity (Wildman–Crippen MR) is 122 cm³/mol. The van der Waals surface area contributed by atoms with E-state index in [1.54, 1.807) is 7.11 Å². The van der Waals surface area contributed by atoms with Crippen molar-refractivity contribution in [2.24, 2.45) is 10.4 Å². The van der Waals surface area contributed by atoms with Crippen molar-refractivity contribution in [3.05, 3.63) is 23.9 Å². The monoisotopic (exact) mass is 417 g/mol. The molecule has 168 valence electrons. The molecule has 0 aromatic carbocycles. The van der Waals surface area contributed by atoms with Gasteiger partial charge in [0.15, 0.2) is 5.96 Å². The van der Waals surface area contributed by atoms with E-state index >= 15 is 0 Å². The van der Waals surface area contributed by atoms with Crippen molar-refractivity contribution in [2.75, 3.05) is 44.8 Å². The number of nitrogens with zero attached hydrogens (tertiary/aromatic N) is 3.